The normalized spacial score (nSPS) is 16.8. The first-order valence-corrected chi connectivity index (χ1v) is 9.96. The van der Waals surface area contributed by atoms with Crippen LogP contribution in [0, 0.1) is 0 Å². The molecule has 2 aromatic heterocycles. The average Bonchev–Trinajstić information content (AvgIpc) is 2.76. The summed E-state index contributed by atoms with van der Waals surface area (Å²) >= 11 is 5.97. The Labute approximate surface area is 170 Å². The molecule has 0 bridgehead atoms. The molecule has 1 aliphatic rings. The van der Waals surface area contributed by atoms with Crippen LogP contribution in [0.25, 0.3) is 0 Å². The third kappa shape index (κ3) is 4.39. The van der Waals surface area contributed by atoms with E-state index in [1.807, 2.05) is 29.2 Å². The molecule has 0 spiro atoms. The number of pyridine rings is 2. The zero-order valence-electron chi connectivity index (χ0n) is 15.6. The quantitative estimate of drug-likeness (QED) is 0.645. The van der Waals surface area contributed by atoms with E-state index < -0.39 is 0 Å². The lowest BCUT2D eigenvalue weighted by Crippen LogP contribution is -2.39. The number of benzene rings is 1. The summed E-state index contributed by atoms with van der Waals surface area (Å²) in [6.45, 7) is 1.50. The SMILES string of the molecule is O=C(c1ccncc1)N1CCC[C@@H](c2cccc(Cc3ccc(Cl)cc3)n2)C1. The van der Waals surface area contributed by atoms with Gasteiger partial charge in [0.25, 0.3) is 5.91 Å². The van der Waals surface area contributed by atoms with E-state index in [0.29, 0.717) is 12.1 Å². The van der Waals surface area contributed by atoms with Crippen molar-refractivity contribution in [3.8, 4) is 0 Å². The van der Waals surface area contributed by atoms with Crippen molar-refractivity contribution in [1.82, 2.24) is 14.9 Å². The molecule has 0 saturated carbocycles. The van der Waals surface area contributed by atoms with Crippen molar-refractivity contribution < 1.29 is 4.79 Å². The number of hydrogen-bond acceptors (Lipinski definition) is 3. The van der Waals surface area contributed by atoms with E-state index in [1.165, 1.54) is 5.56 Å². The molecule has 4 rings (SSSR count). The molecule has 1 aliphatic heterocycles. The molecule has 28 heavy (non-hydrogen) atoms. The van der Waals surface area contributed by atoms with Crippen LogP contribution in [0.5, 0.6) is 0 Å². The zero-order chi connectivity index (χ0) is 19.3. The summed E-state index contributed by atoms with van der Waals surface area (Å²) in [4.78, 5) is 23.6. The summed E-state index contributed by atoms with van der Waals surface area (Å²) in [5.41, 5.74) is 3.99. The highest BCUT2D eigenvalue weighted by molar-refractivity contribution is 6.30. The van der Waals surface area contributed by atoms with Crippen molar-refractivity contribution in [2.45, 2.75) is 25.2 Å². The Morgan fingerprint density at radius 1 is 1.07 bits per heavy atom. The summed E-state index contributed by atoms with van der Waals surface area (Å²) in [6, 6.07) is 17.6. The molecular formula is C23H22ClN3O. The second kappa shape index (κ2) is 8.53. The number of rotatable bonds is 4. The van der Waals surface area contributed by atoms with Crippen LogP contribution in [-0.2, 0) is 6.42 Å². The van der Waals surface area contributed by atoms with Gasteiger partial charge in [-0.2, -0.15) is 0 Å². The Morgan fingerprint density at radius 2 is 1.86 bits per heavy atom. The van der Waals surface area contributed by atoms with Gasteiger partial charge in [0, 0.05) is 59.8 Å². The fourth-order valence-electron chi connectivity index (χ4n) is 3.72. The summed E-state index contributed by atoms with van der Waals surface area (Å²) in [7, 11) is 0. The van der Waals surface area contributed by atoms with Gasteiger partial charge in [-0.25, -0.2) is 0 Å². The number of nitrogens with zero attached hydrogens (tertiary/aromatic N) is 3. The lowest BCUT2D eigenvalue weighted by atomic mass is 9.93. The van der Waals surface area contributed by atoms with Gasteiger partial charge < -0.3 is 4.90 Å². The van der Waals surface area contributed by atoms with Crippen LogP contribution in [0.4, 0.5) is 0 Å². The van der Waals surface area contributed by atoms with E-state index in [-0.39, 0.29) is 11.8 Å². The van der Waals surface area contributed by atoms with Gasteiger partial charge in [-0.1, -0.05) is 29.8 Å². The largest absolute Gasteiger partial charge is 0.338 e. The number of likely N-dealkylation sites (tertiary alicyclic amines) is 1. The van der Waals surface area contributed by atoms with Gasteiger partial charge in [0.1, 0.15) is 0 Å². The van der Waals surface area contributed by atoms with E-state index in [4.69, 9.17) is 16.6 Å². The van der Waals surface area contributed by atoms with Gasteiger partial charge in [0.05, 0.1) is 0 Å². The van der Waals surface area contributed by atoms with Gasteiger partial charge >= 0.3 is 0 Å². The summed E-state index contributed by atoms with van der Waals surface area (Å²) in [5.74, 6) is 0.342. The van der Waals surface area contributed by atoms with Crippen molar-refractivity contribution in [2.75, 3.05) is 13.1 Å². The number of carbonyl (C=O) groups excluding carboxylic acids is 1. The Bertz CT molecular complexity index is 944. The predicted molar refractivity (Wildman–Crippen MR) is 111 cm³/mol. The highest BCUT2D eigenvalue weighted by atomic mass is 35.5. The minimum absolute atomic E-state index is 0.0735. The summed E-state index contributed by atoms with van der Waals surface area (Å²) < 4.78 is 0. The molecular weight excluding hydrogens is 370 g/mol. The van der Waals surface area contributed by atoms with Gasteiger partial charge in [0.2, 0.25) is 0 Å². The predicted octanol–water partition coefficient (Wildman–Crippen LogP) is 4.74. The second-order valence-electron chi connectivity index (χ2n) is 7.18. The smallest absolute Gasteiger partial charge is 0.253 e. The maximum Gasteiger partial charge on any atom is 0.253 e. The molecule has 0 aliphatic carbocycles. The van der Waals surface area contributed by atoms with Crippen LogP contribution in [0.15, 0.2) is 67.0 Å². The number of hydrogen-bond donors (Lipinski definition) is 0. The lowest BCUT2D eigenvalue weighted by molar-refractivity contribution is 0.0705. The minimum atomic E-state index is 0.0735. The molecule has 1 fully saturated rings. The molecule has 1 aromatic carbocycles. The Balaban J connectivity index is 1.47. The molecule has 5 heteroatoms. The summed E-state index contributed by atoms with van der Waals surface area (Å²) in [5, 5.41) is 0.742. The fraction of sp³-hybridized carbons (Fsp3) is 0.261. The van der Waals surface area contributed by atoms with Crippen molar-refractivity contribution in [2.24, 2.45) is 0 Å². The van der Waals surface area contributed by atoms with E-state index in [9.17, 15) is 4.79 Å². The molecule has 1 saturated heterocycles. The molecule has 0 radical (unpaired) electrons. The number of amides is 1. The van der Waals surface area contributed by atoms with Gasteiger partial charge in [-0.3, -0.25) is 14.8 Å². The number of carbonyl (C=O) groups is 1. The van der Waals surface area contributed by atoms with E-state index >= 15 is 0 Å². The van der Waals surface area contributed by atoms with Crippen LogP contribution in [0.2, 0.25) is 5.02 Å². The Morgan fingerprint density at radius 3 is 2.64 bits per heavy atom. The first-order chi connectivity index (χ1) is 13.7. The first-order valence-electron chi connectivity index (χ1n) is 9.58. The molecule has 3 aromatic rings. The molecule has 3 heterocycles. The molecule has 4 nitrogen and oxygen atoms in total. The summed E-state index contributed by atoms with van der Waals surface area (Å²) in [6.07, 6.45) is 6.15. The topological polar surface area (TPSA) is 46.1 Å². The first kappa shape index (κ1) is 18.6. The maximum atomic E-state index is 12.8. The zero-order valence-corrected chi connectivity index (χ0v) is 16.3. The maximum absolute atomic E-state index is 12.8. The highest BCUT2D eigenvalue weighted by Gasteiger charge is 2.26. The number of piperidine rings is 1. The lowest BCUT2D eigenvalue weighted by Gasteiger charge is -2.32. The van der Waals surface area contributed by atoms with Crippen LogP contribution in [-0.4, -0.2) is 33.9 Å². The fourth-order valence-corrected chi connectivity index (χ4v) is 3.84. The number of halogens is 1. The van der Waals surface area contributed by atoms with Gasteiger partial charge in [0.15, 0.2) is 0 Å². The molecule has 0 unspecified atom stereocenters. The van der Waals surface area contributed by atoms with E-state index in [2.05, 4.69) is 23.2 Å². The van der Waals surface area contributed by atoms with Crippen molar-refractivity contribution >= 4 is 17.5 Å². The standard InChI is InChI=1S/C23H22ClN3O/c24-20-8-6-17(7-9-20)15-21-4-1-5-22(26-21)19-3-2-14-27(16-19)23(28)18-10-12-25-13-11-18/h1,4-13,19H,2-3,14-16H2/t19-/m1/s1. The number of aromatic nitrogens is 2. The Kier molecular flexibility index (Phi) is 5.68. The highest BCUT2D eigenvalue weighted by Crippen LogP contribution is 2.27. The van der Waals surface area contributed by atoms with E-state index in [1.54, 1.807) is 24.5 Å². The van der Waals surface area contributed by atoms with Crippen molar-refractivity contribution in [3.63, 3.8) is 0 Å². The van der Waals surface area contributed by atoms with Gasteiger partial charge in [-0.05, 0) is 54.8 Å². The van der Waals surface area contributed by atoms with E-state index in [0.717, 1.165) is 42.2 Å². The van der Waals surface area contributed by atoms with Crippen LogP contribution >= 0.6 is 11.6 Å². The third-order valence-corrected chi connectivity index (χ3v) is 5.43. The Hall–Kier alpha value is -2.72. The van der Waals surface area contributed by atoms with Crippen molar-refractivity contribution in [1.29, 1.82) is 0 Å². The molecule has 1 amide bonds. The van der Waals surface area contributed by atoms with Crippen LogP contribution in [0.1, 0.15) is 46.1 Å². The third-order valence-electron chi connectivity index (χ3n) is 5.18. The molecule has 1 atom stereocenters. The second-order valence-corrected chi connectivity index (χ2v) is 7.62. The molecule has 142 valence electrons. The van der Waals surface area contributed by atoms with Crippen LogP contribution in [0.3, 0.4) is 0 Å². The van der Waals surface area contributed by atoms with Gasteiger partial charge in [-0.15, -0.1) is 0 Å². The molecule has 0 N–H and O–H groups in total. The minimum Gasteiger partial charge on any atom is -0.338 e. The van der Waals surface area contributed by atoms with Crippen molar-refractivity contribution in [3.05, 3.63) is 94.5 Å². The van der Waals surface area contributed by atoms with Crippen LogP contribution < -0.4 is 0 Å². The average molecular weight is 392 g/mol. The monoisotopic (exact) mass is 391 g/mol.